The van der Waals surface area contributed by atoms with Crippen molar-refractivity contribution in [1.29, 1.82) is 0 Å². The molecule has 2 aliphatic carbocycles. The number of hydrazine groups is 1. The lowest BCUT2D eigenvalue weighted by molar-refractivity contribution is -0.116. The van der Waals surface area contributed by atoms with Crippen LogP contribution in [0.3, 0.4) is 0 Å². The Kier molecular flexibility index (Phi) is 4.14. The first-order valence-corrected chi connectivity index (χ1v) is 9.55. The Bertz CT molecular complexity index is 677. The number of rotatable bonds is 3. The molecule has 2 fully saturated rings. The van der Waals surface area contributed by atoms with Gasteiger partial charge in [-0.3, -0.25) is 0 Å². The van der Waals surface area contributed by atoms with Gasteiger partial charge >= 0.3 is 6.09 Å². The van der Waals surface area contributed by atoms with Crippen molar-refractivity contribution in [2.24, 2.45) is 5.92 Å². The largest absolute Gasteiger partial charge is 0.497 e. The minimum atomic E-state index is -0.827. The molecule has 1 N–H and O–H groups in total. The van der Waals surface area contributed by atoms with Crippen molar-refractivity contribution >= 4 is 6.09 Å². The second-order valence-corrected chi connectivity index (χ2v) is 7.71. The van der Waals surface area contributed by atoms with Crippen molar-refractivity contribution in [3.05, 3.63) is 29.3 Å². The number of ether oxygens (including phenoxy) is 1. The summed E-state index contributed by atoms with van der Waals surface area (Å²) in [4.78, 5) is 11.7. The third-order valence-electron chi connectivity index (χ3n) is 6.85. The molecule has 4 rings (SSSR count). The average molecular weight is 344 g/mol. The summed E-state index contributed by atoms with van der Waals surface area (Å²) in [6.07, 6.45) is 6.11. The molecule has 1 heterocycles. The monoisotopic (exact) mass is 344 g/mol. The highest BCUT2D eigenvalue weighted by Gasteiger charge is 2.55. The molecule has 1 saturated carbocycles. The number of carboxylic acid groups (broad SMARTS) is 1. The molecule has 0 unspecified atom stereocenters. The van der Waals surface area contributed by atoms with Crippen molar-refractivity contribution in [3.63, 3.8) is 0 Å². The van der Waals surface area contributed by atoms with E-state index in [0.29, 0.717) is 18.5 Å². The van der Waals surface area contributed by atoms with E-state index in [4.69, 9.17) is 4.74 Å². The molecule has 136 valence electrons. The van der Waals surface area contributed by atoms with Crippen LogP contribution in [0, 0.1) is 5.92 Å². The van der Waals surface area contributed by atoms with Crippen molar-refractivity contribution in [2.45, 2.75) is 56.9 Å². The lowest BCUT2D eigenvalue weighted by atomic mass is 9.52. The number of benzene rings is 1. The van der Waals surface area contributed by atoms with Crippen molar-refractivity contribution in [1.82, 2.24) is 10.0 Å². The highest BCUT2D eigenvalue weighted by molar-refractivity contribution is 5.64. The fraction of sp³-hybridized carbons (Fsp3) is 0.650. The normalized spacial score (nSPS) is 31.0. The zero-order chi connectivity index (χ0) is 17.6. The van der Waals surface area contributed by atoms with Gasteiger partial charge in [0.15, 0.2) is 0 Å². The number of hydrogen-bond acceptors (Lipinski definition) is 3. The topological polar surface area (TPSA) is 53.0 Å². The molecule has 0 spiro atoms. The van der Waals surface area contributed by atoms with E-state index in [1.54, 1.807) is 7.11 Å². The van der Waals surface area contributed by atoms with Crippen LogP contribution in [0.1, 0.15) is 50.2 Å². The molecule has 1 aromatic carbocycles. The van der Waals surface area contributed by atoms with Gasteiger partial charge in [0.25, 0.3) is 0 Å². The lowest BCUT2D eigenvalue weighted by Gasteiger charge is -2.60. The van der Waals surface area contributed by atoms with Crippen LogP contribution in [0.4, 0.5) is 4.79 Å². The first kappa shape index (κ1) is 16.7. The molecule has 5 heteroatoms. The molecule has 1 saturated heterocycles. The summed E-state index contributed by atoms with van der Waals surface area (Å²) < 4.78 is 5.51. The van der Waals surface area contributed by atoms with Gasteiger partial charge in [-0.1, -0.05) is 18.9 Å². The Morgan fingerprint density at radius 1 is 1.40 bits per heavy atom. The van der Waals surface area contributed by atoms with Gasteiger partial charge in [0.05, 0.1) is 7.11 Å². The van der Waals surface area contributed by atoms with E-state index in [1.807, 2.05) is 13.0 Å². The van der Waals surface area contributed by atoms with Crippen LogP contribution in [-0.2, 0) is 11.8 Å². The Hall–Kier alpha value is -1.75. The number of fused-ring (bicyclic) bond motifs is 1. The number of methoxy groups -OCH3 is 1. The Morgan fingerprint density at radius 3 is 2.96 bits per heavy atom. The molecule has 3 atom stereocenters. The van der Waals surface area contributed by atoms with E-state index in [2.05, 4.69) is 17.1 Å². The molecule has 3 aliphatic rings. The van der Waals surface area contributed by atoms with E-state index < -0.39 is 6.09 Å². The second kappa shape index (κ2) is 6.20. The lowest BCUT2D eigenvalue weighted by Crippen LogP contribution is -2.65. The summed E-state index contributed by atoms with van der Waals surface area (Å²) >= 11 is 0. The first-order chi connectivity index (χ1) is 12.1. The molecule has 25 heavy (non-hydrogen) atoms. The van der Waals surface area contributed by atoms with Crippen LogP contribution < -0.4 is 4.74 Å². The molecule has 5 nitrogen and oxygen atoms in total. The number of nitrogens with zero attached hydrogens (tertiary/aromatic N) is 2. The third kappa shape index (κ3) is 2.43. The van der Waals surface area contributed by atoms with Gasteiger partial charge in [-0.25, -0.2) is 14.8 Å². The molecule has 0 aromatic heterocycles. The summed E-state index contributed by atoms with van der Waals surface area (Å²) in [6, 6.07) is 6.81. The quantitative estimate of drug-likeness (QED) is 0.909. The second-order valence-electron chi connectivity index (χ2n) is 7.71. The fourth-order valence-electron chi connectivity index (χ4n) is 5.82. The van der Waals surface area contributed by atoms with Crippen LogP contribution in [0.5, 0.6) is 5.75 Å². The van der Waals surface area contributed by atoms with Gasteiger partial charge in [-0.05, 0) is 61.8 Å². The SMILES string of the molecule is CCN(C(=O)O)N1CC[C@]23CCCC[C@H]2[C@@H]1Cc1ccc(OC)cc13. The Labute approximate surface area is 149 Å². The van der Waals surface area contributed by atoms with Gasteiger partial charge in [0.2, 0.25) is 0 Å². The number of piperidine rings is 1. The molecular formula is C20H28N2O3. The molecule has 2 bridgehead atoms. The zero-order valence-corrected chi connectivity index (χ0v) is 15.2. The predicted molar refractivity (Wildman–Crippen MR) is 95.8 cm³/mol. The molecule has 1 aliphatic heterocycles. The predicted octanol–water partition coefficient (Wildman–Crippen LogP) is 3.67. The average Bonchev–Trinajstić information content (AvgIpc) is 2.63. The highest BCUT2D eigenvalue weighted by Crippen LogP contribution is 2.56. The molecular weight excluding hydrogens is 316 g/mol. The first-order valence-electron chi connectivity index (χ1n) is 9.55. The molecule has 1 aromatic rings. The van der Waals surface area contributed by atoms with Gasteiger partial charge in [0.1, 0.15) is 5.75 Å². The van der Waals surface area contributed by atoms with E-state index in [-0.39, 0.29) is 5.41 Å². The van der Waals surface area contributed by atoms with Crippen LogP contribution in [0.25, 0.3) is 0 Å². The van der Waals surface area contributed by atoms with Gasteiger partial charge in [-0.15, -0.1) is 0 Å². The molecule has 1 amide bonds. The maximum Gasteiger partial charge on any atom is 0.421 e. The smallest absolute Gasteiger partial charge is 0.421 e. The number of hydrogen-bond donors (Lipinski definition) is 1. The summed E-state index contributed by atoms with van der Waals surface area (Å²) in [6.45, 7) is 3.28. The van der Waals surface area contributed by atoms with Crippen molar-refractivity contribution in [3.8, 4) is 5.75 Å². The van der Waals surface area contributed by atoms with Gasteiger partial charge in [-0.2, -0.15) is 0 Å². The van der Waals surface area contributed by atoms with Crippen molar-refractivity contribution in [2.75, 3.05) is 20.2 Å². The molecule has 0 radical (unpaired) electrons. The zero-order valence-electron chi connectivity index (χ0n) is 15.2. The number of carbonyl (C=O) groups is 1. The van der Waals surface area contributed by atoms with E-state index in [1.165, 1.54) is 41.8 Å². The minimum absolute atomic E-state index is 0.208. The van der Waals surface area contributed by atoms with Crippen LogP contribution in [0.15, 0.2) is 18.2 Å². The van der Waals surface area contributed by atoms with E-state index in [0.717, 1.165) is 25.1 Å². The minimum Gasteiger partial charge on any atom is -0.497 e. The maximum atomic E-state index is 11.7. The maximum absolute atomic E-state index is 11.7. The van der Waals surface area contributed by atoms with Gasteiger partial charge < -0.3 is 9.84 Å². The summed E-state index contributed by atoms with van der Waals surface area (Å²) in [5.41, 5.74) is 3.07. The van der Waals surface area contributed by atoms with E-state index in [9.17, 15) is 9.90 Å². The standard InChI is InChI=1S/C20H28N2O3/c1-3-21(19(23)24)22-11-10-20-9-5-4-6-16(20)18(22)12-14-7-8-15(25-2)13-17(14)20/h7-8,13,16,18H,3-6,9-12H2,1-2H3,(H,23,24)/t16-,18-,20+/m0/s1. The van der Waals surface area contributed by atoms with Crippen LogP contribution in [-0.4, -0.2) is 47.5 Å². The van der Waals surface area contributed by atoms with Crippen LogP contribution in [0.2, 0.25) is 0 Å². The van der Waals surface area contributed by atoms with Crippen LogP contribution >= 0.6 is 0 Å². The third-order valence-corrected chi connectivity index (χ3v) is 6.85. The number of amides is 1. The fourth-order valence-corrected chi connectivity index (χ4v) is 5.82. The Balaban J connectivity index is 1.79. The summed E-state index contributed by atoms with van der Waals surface area (Å²) in [7, 11) is 1.73. The van der Waals surface area contributed by atoms with Gasteiger partial charge in [0, 0.05) is 24.5 Å². The summed E-state index contributed by atoms with van der Waals surface area (Å²) in [5.74, 6) is 1.49. The highest BCUT2D eigenvalue weighted by atomic mass is 16.5. The summed E-state index contributed by atoms with van der Waals surface area (Å²) in [5, 5.41) is 13.3. The van der Waals surface area contributed by atoms with Crippen molar-refractivity contribution < 1.29 is 14.6 Å². The Morgan fingerprint density at radius 2 is 2.24 bits per heavy atom. The van der Waals surface area contributed by atoms with E-state index >= 15 is 0 Å².